The fourth-order valence-corrected chi connectivity index (χ4v) is 3.79. The van der Waals surface area contributed by atoms with Crippen molar-refractivity contribution >= 4 is 22.7 Å². The highest BCUT2D eigenvalue weighted by Crippen LogP contribution is 2.20. The first kappa shape index (κ1) is 18.2. The minimum absolute atomic E-state index is 0.0118. The SMILES string of the molecule is O=C(N[C@@H](Cc1c[nH]c2ccccc12)C(=O)N1CCCCC1)c1cccnc1. The van der Waals surface area contributed by atoms with E-state index in [1.54, 1.807) is 18.3 Å². The van der Waals surface area contributed by atoms with E-state index in [0.717, 1.165) is 48.8 Å². The number of hydrogen-bond donors (Lipinski definition) is 2. The van der Waals surface area contributed by atoms with Gasteiger partial charge < -0.3 is 15.2 Å². The quantitative estimate of drug-likeness (QED) is 0.719. The van der Waals surface area contributed by atoms with Crippen LogP contribution in [0.25, 0.3) is 10.9 Å². The summed E-state index contributed by atoms with van der Waals surface area (Å²) in [5.74, 6) is -0.287. The van der Waals surface area contributed by atoms with E-state index >= 15 is 0 Å². The summed E-state index contributed by atoms with van der Waals surface area (Å²) in [7, 11) is 0. The average Bonchev–Trinajstić information content (AvgIpc) is 3.17. The summed E-state index contributed by atoms with van der Waals surface area (Å²) in [5.41, 5.74) is 2.51. The van der Waals surface area contributed by atoms with E-state index in [4.69, 9.17) is 0 Å². The van der Waals surface area contributed by atoms with Crippen LogP contribution in [0.5, 0.6) is 0 Å². The monoisotopic (exact) mass is 376 g/mol. The van der Waals surface area contributed by atoms with Crippen molar-refractivity contribution in [3.05, 3.63) is 66.1 Å². The van der Waals surface area contributed by atoms with Crippen molar-refractivity contribution in [2.24, 2.45) is 0 Å². The Morgan fingerprint density at radius 1 is 1.11 bits per heavy atom. The molecule has 2 N–H and O–H groups in total. The average molecular weight is 376 g/mol. The lowest BCUT2D eigenvalue weighted by Gasteiger charge is -2.30. The van der Waals surface area contributed by atoms with Gasteiger partial charge in [-0.15, -0.1) is 0 Å². The number of amides is 2. The highest BCUT2D eigenvalue weighted by atomic mass is 16.2. The Hall–Kier alpha value is -3.15. The zero-order valence-corrected chi connectivity index (χ0v) is 15.7. The molecule has 0 radical (unpaired) electrons. The molecular weight excluding hydrogens is 352 g/mol. The smallest absolute Gasteiger partial charge is 0.253 e. The molecule has 0 saturated carbocycles. The third-order valence-electron chi connectivity index (χ3n) is 5.29. The molecule has 4 rings (SSSR count). The highest BCUT2D eigenvalue weighted by molar-refractivity contribution is 5.97. The van der Waals surface area contributed by atoms with Crippen molar-refractivity contribution in [1.29, 1.82) is 0 Å². The Kier molecular flexibility index (Phi) is 5.37. The fourth-order valence-electron chi connectivity index (χ4n) is 3.79. The van der Waals surface area contributed by atoms with Gasteiger partial charge in [-0.1, -0.05) is 18.2 Å². The first-order valence-electron chi connectivity index (χ1n) is 9.77. The zero-order valence-electron chi connectivity index (χ0n) is 15.7. The van der Waals surface area contributed by atoms with Gasteiger partial charge in [0.1, 0.15) is 6.04 Å². The van der Waals surface area contributed by atoms with Crippen LogP contribution < -0.4 is 5.32 Å². The molecule has 1 atom stereocenters. The van der Waals surface area contributed by atoms with Gasteiger partial charge in [-0.05, 0) is 43.0 Å². The van der Waals surface area contributed by atoms with E-state index in [9.17, 15) is 9.59 Å². The molecule has 0 spiro atoms. The lowest BCUT2D eigenvalue weighted by Crippen LogP contribution is -2.51. The van der Waals surface area contributed by atoms with Crippen molar-refractivity contribution < 1.29 is 9.59 Å². The number of aromatic amines is 1. The van der Waals surface area contributed by atoms with Crippen LogP contribution in [-0.4, -0.2) is 45.8 Å². The second kappa shape index (κ2) is 8.25. The van der Waals surface area contributed by atoms with Gasteiger partial charge in [-0.3, -0.25) is 14.6 Å². The number of para-hydroxylation sites is 1. The summed E-state index contributed by atoms with van der Waals surface area (Å²) in [5, 5.41) is 4.03. The van der Waals surface area contributed by atoms with Crippen LogP contribution in [0.1, 0.15) is 35.2 Å². The standard InChI is InChI=1S/C22H24N4O2/c27-21(16-7-6-10-23-14-16)25-20(22(28)26-11-4-1-5-12-26)13-17-15-24-19-9-3-2-8-18(17)19/h2-3,6-10,14-15,20,24H,1,4-5,11-13H2,(H,25,27)/t20-/m0/s1. The highest BCUT2D eigenvalue weighted by Gasteiger charge is 2.28. The predicted octanol–water partition coefficient (Wildman–Crippen LogP) is 2.92. The van der Waals surface area contributed by atoms with Gasteiger partial charge in [0.25, 0.3) is 5.91 Å². The Labute approximate surface area is 164 Å². The summed E-state index contributed by atoms with van der Waals surface area (Å²) in [4.78, 5) is 35.1. The Morgan fingerprint density at radius 2 is 1.93 bits per heavy atom. The topological polar surface area (TPSA) is 78.1 Å². The van der Waals surface area contributed by atoms with Gasteiger partial charge in [0.05, 0.1) is 5.56 Å². The summed E-state index contributed by atoms with van der Waals surface area (Å²) in [6.45, 7) is 1.51. The molecule has 144 valence electrons. The molecule has 3 heterocycles. The third-order valence-corrected chi connectivity index (χ3v) is 5.29. The third kappa shape index (κ3) is 3.91. The molecule has 1 aliphatic heterocycles. The molecular formula is C22H24N4O2. The number of rotatable bonds is 5. The minimum atomic E-state index is -0.606. The maximum Gasteiger partial charge on any atom is 0.253 e. The van der Waals surface area contributed by atoms with Crippen molar-refractivity contribution in [2.75, 3.05) is 13.1 Å². The maximum absolute atomic E-state index is 13.2. The molecule has 1 aromatic carbocycles. The molecule has 2 aromatic heterocycles. The number of H-pyrrole nitrogens is 1. The van der Waals surface area contributed by atoms with Crippen LogP contribution in [0.3, 0.4) is 0 Å². The van der Waals surface area contributed by atoms with E-state index in [0.29, 0.717) is 12.0 Å². The number of carbonyl (C=O) groups is 2. The van der Waals surface area contributed by atoms with E-state index in [1.807, 2.05) is 35.4 Å². The number of hydrogen-bond acceptors (Lipinski definition) is 3. The number of benzene rings is 1. The maximum atomic E-state index is 13.2. The summed E-state index contributed by atoms with van der Waals surface area (Å²) in [6, 6.07) is 10.8. The number of fused-ring (bicyclic) bond motifs is 1. The van der Waals surface area contributed by atoms with Crippen molar-refractivity contribution in [1.82, 2.24) is 20.2 Å². The summed E-state index contributed by atoms with van der Waals surface area (Å²) >= 11 is 0. The number of likely N-dealkylation sites (tertiary alicyclic amines) is 1. The van der Waals surface area contributed by atoms with Crippen LogP contribution >= 0.6 is 0 Å². The van der Waals surface area contributed by atoms with Crippen LogP contribution in [0, 0.1) is 0 Å². The van der Waals surface area contributed by atoms with Crippen LogP contribution in [-0.2, 0) is 11.2 Å². The van der Waals surface area contributed by atoms with Gasteiger partial charge in [0, 0.05) is 49.0 Å². The minimum Gasteiger partial charge on any atom is -0.361 e. The van der Waals surface area contributed by atoms with Gasteiger partial charge in [-0.25, -0.2) is 0 Å². The number of aromatic nitrogens is 2. The molecule has 28 heavy (non-hydrogen) atoms. The number of carbonyl (C=O) groups excluding carboxylic acids is 2. The molecule has 6 nitrogen and oxygen atoms in total. The Balaban J connectivity index is 1.58. The van der Waals surface area contributed by atoms with Gasteiger partial charge in [-0.2, -0.15) is 0 Å². The summed E-state index contributed by atoms with van der Waals surface area (Å²) < 4.78 is 0. The zero-order chi connectivity index (χ0) is 19.3. The molecule has 2 amide bonds. The van der Waals surface area contributed by atoms with E-state index in [2.05, 4.69) is 15.3 Å². The summed E-state index contributed by atoms with van der Waals surface area (Å²) in [6.07, 6.45) is 8.70. The molecule has 1 fully saturated rings. The second-order valence-electron chi connectivity index (χ2n) is 7.22. The van der Waals surface area contributed by atoms with Crippen molar-refractivity contribution in [2.45, 2.75) is 31.7 Å². The lowest BCUT2D eigenvalue weighted by atomic mass is 10.0. The van der Waals surface area contributed by atoms with Crippen LogP contribution in [0.2, 0.25) is 0 Å². The molecule has 6 heteroatoms. The van der Waals surface area contributed by atoms with Gasteiger partial charge >= 0.3 is 0 Å². The second-order valence-corrected chi connectivity index (χ2v) is 7.22. The van der Waals surface area contributed by atoms with E-state index in [-0.39, 0.29) is 11.8 Å². The fraction of sp³-hybridized carbons (Fsp3) is 0.318. The number of nitrogens with zero attached hydrogens (tertiary/aromatic N) is 2. The molecule has 0 aliphatic carbocycles. The van der Waals surface area contributed by atoms with E-state index < -0.39 is 6.04 Å². The predicted molar refractivity (Wildman–Crippen MR) is 108 cm³/mol. The number of pyridine rings is 1. The molecule has 0 bridgehead atoms. The van der Waals surface area contributed by atoms with Crippen LogP contribution in [0.15, 0.2) is 55.0 Å². The van der Waals surface area contributed by atoms with Gasteiger partial charge in [0.2, 0.25) is 5.91 Å². The molecule has 3 aromatic rings. The molecule has 0 unspecified atom stereocenters. The largest absolute Gasteiger partial charge is 0.361 e. The molecule has 1 aliphatic rings. The van der Waals surface area contributed by atoms with Crippen molar-refractivity contribution in [3.63, 3.8) is 0 Å². The number of nitrogens with one attached hydrogen (secondary N) is 2. The Morgan fingerprint density at radius 3 is 2.71 bits per heavy atom. The first-order valence-corrected chi connectivity index (χ1v) is 9.77. The lowest BCUT2D eigenvalue weighted by molar-refractivity contribution is -0.134. The van der Waals surface area contributed by atoms with Crippen molar-refractivity contribution in [3.8, 4) is 0 Å². The van der Waals surface area contributed by atoms with E-state index in [1.165, 1.54) is 6.20 Å². The molecule has 1 saturated heterocycles. The van der Waals surface area contributed by atoms with Crippen LogP contribution in [0.4, 0.5) is 0 Å². The number of piperidine rings is 1. The first-order chi connectivity index (χ1) is 13.7. The Bertz CT molecular complexity index is 961. The van der Waals surface area contributed by atoms with Gasteiger partial charge in [0.15, 0.2) is 0 Å². The normalized spacial score (nSPS) is 15.4.